The van der Waals surface area contributed by atoms with E-state index in [4.69, 9.17) is 13.8 Å². The summed E-state index contributed by atoms with van der Waals surface area (Å²) in [7, 11) is 0. The molecule has 0 unspecified atom stereocenters. The van der Waals surface area contributed by atoms with Crippen molar-refractivity contribution in [3.8, 4) is 44.8 Å². The van der Waals surface area contributed by atoms with E-state index in [-0.39, 0.29) is 5.41 Å². The summed E-state index contributed by atoms with van der Waals surface area (Å²) >= 11 is 0. The smallest absolute Gasteiger partial charge is 0.227 e. The normalized spacial score (nSPS) is 13.0. The third-order valence-corrected chi connectivity index (χ3v) is 11.5. The molecule has 0 radical (unpaired) electrons. The number of oxazole rings is 1. The highest BCUT2D eigenvalue weighted by Crippen LogP contribution is 2.51. The van der Waals surface area contributed by atoms with Crippen LogP contribution in [0, 0.1) is 0 Å². The number of fused-ring (bicyclic) bond motifs is 7. The van der Waals surface area contributed by atoms with Gasteiger partial charge in [0.25, 0.3) is 0 Å². The fourth-order valence-corrected chi connectivity index (χ4v) is 8.62. The number of furan rings is 1. The summed E-state index contributed by atoms with van der Waals surface area (Å²) in [5.41, 5.74) is 17.3. The Morgan fingerprint density at radius 2 is 1.04 bits per heavy atom. The van der Waals surface area contributed by atoms with Crippen LogP contribution in [0.4, 0.5) is 17.1 Å². The molecule has 266 valence electrons. The van der Waals surface area contributed by atoms with Crippen molar-refractivity contribution in [3.05, 3.63) is 193 Å². The molecule has 0 N–H and O–H groups in total. The third kappa shape index (κ3) is 5.18. The molecule has 0 amide bonds. The van der Waals surface area contributed by atoms with Gasteiger partial charge >= 0.3 is 0 Å². The van der Waals surface area contributed by atoms with Crippen molar-refractivity contribution in [1.29, 1.82) is 0 Å². The number of aromatic nitrogens is 1. The topological polar surface area (TPSA) is 42.4 Å². The summed E-state index contributed by atoms with van der Waals surface area (Å²) in [6.45, 7) is 4.68. The van der Waals surface area contributed by atoms with Gasteiger partial charge in [-0.1, -0.05) is 123 Å². The number of hydrogen-bond acceptors (Lipinski definition) is 4. The van der Waals surface area contributed by atoms with Gasteiger partial charge < -0.3 is 13.7 Å². The van der Waals surface area contributed by atoms with Gasteiger partial charge in [0.15, 0.2) is 5.58 Å². The summed E-state index contributed by atoms with van der Waals surface area (Å²) in [6.07, 6.45) is 0. The van der Waals surface area contributed by atoms with Crippen LogP contribution in [0.5, 0.6) is 0 Å². The standard InChI is InChI=1S/C52H36N2O2/c1-52(2)45-19-10-9-18-41(45)42-26-25-40(30-46(42)52)54(39-17-11-16-36(28-39)33-12-5-3-6-13-33)38-23-20-34(21-24-38)37-22-27-48-43(29-37)44-31-50-47(32-49(44)55-48)53-51(56-50)35-14-7-4-8-15-35/h3-32H,1-2H3. The Morgan fingerprint density at radius 1 is 0.411 bits per heavy atom. The van der Waals surface area contributed by atoms with Gasteiger partial charge in [0, 0.05) is 44.9 Å². The van der Waals surface area contributed by atoms with E-state index in [0.717, 1.165) is 66.8 Å². The van der Waals surface area contributed by atoms with Crippen molar-refractivity contribution in [1.82, 2.24) is 4.98 Å². The molecule has 8 aromatic carbocycles. The van der Waals surface area contributed by atoms with Crippen molar-refractivity contribution < 1.29 is 8.83 Å². The van der Waals surface area contributed by atoms with Crippen LogP contribution in [0.1, 0.15) is 25.0 Å². The molecule has 56 heavy (non-hydrogen) atoms. The third-order valence-electron chi connectivity index (χ3n) is 11.5. The number of rotatable bonds is 6. The average Bonchev–Trinajstić information content (AvgIpc) is 3.90. The van der Waals surface area contributed by atoms with E-state index >= 15 is 0 Å². The van der Waals surface area contributed by atoms with Gasteiger partial charge in [-0.2, -0.15) is 0 Å². The van der Waals surface area contributed by atoms with Crippen LogP contribution in [-0.2, 0) is 5.41 Å². The van der Waals surface area contributed by atoms with Gasteiger partial charge in [-0.25, -0.2) is 4.98 Å². The first kappa shape index (κ1) is 32.3. The first-order valence-corrected chi connectivity index (χ1v) is 19.1. The van der Waals surface area contributed by atoms with Crippen LogP contribution >= 0.6 is 0 Å². The van der Waals surface area contributed by atoms with Gasteiger partial charge in [0.05, 0.1) is 0 Å². The molecule has 11 rings (SSSR count). The van der Waals surface area contributed by atoms with Crippen molar-refractivity contribution in [2.75, 3.05) is 4.90 Å². The first-order chi connectivity index (χ1) is 27.5. The SMILES string of the molecule is CC1(C)c2ccccc2-c2ccc(N(c3ccc(-c4ccc5oc6cc7nc(-c8ccccc8)oc7cc6c5c4)cc3)c3cccc(-c4ccccc4)c3)cc21. The van der Waals surface area contributed by atoms with Crippen molar-refractivity contribution in [2.24, 2.45) is 0 Å². The van der Waals surface area contributed by atoms with Gasteiger partial charge in [-0.3, -0.25) is 0 Å². The Balaban J connectivity index is 0.995. The molecule has 2 heterocycles. The minimum absolute atomic E-state index is 0.108. The summed E-state index contributed by atoms with van der Waals surface area (Å²) in [5.74, 6) is 0.605. The van der Waals surface area contributed by atoms with E-state index < -0.39 is 0 Å². The van der Waals surface area contributed by atoms with E-state index in [0.29, 0.717) is 5.89 Å². The lowest BCUT2D eigenvalue weighted by molar-refractivity contribution is 0.620. The summed E-state index contributed by atoms with van der Waals surface area (Å²) < 4.78 is 12.6. The van der Waals surface area contributed by atoms with Gasteiger partial charge in [0.2, 0.25) is 5.89 Å². The molecule has 4 nitrogen and oxygen atoms in total. The van der Waals surface area contributed by atoms with Crippen LogP contribution in [-0.4, -0.2) is 4.98 Å². The molecule has 2 aromatic heterocycles. The molecule has 10 aromatic rings. The van der Waals surface area contributed by atoms with E-state index in [9.17, 15) is 0 Å². The molecule has 0 saturated heterocycles. The largest absolute Gasteiger partial charge is 0.456 e. The number of hydrogen-bond donors (Lipinski definition) is 0. The number of anilines is 3. The molecule has 0 fully saturated rings. The lowest BCUT2D eigenvalue weighted by Gasteiger charge is -2.28. The second kappa shape index (κ2) is 12.4. The first-order valence-electron chi connectivity index (χ1n) is 19.1. The fraction of sp³-hybridized carbons (Fsp3) is 0.0577. The molecular weight excluding hydrogens is 685 g/mol. The van der Waals surface area contributed by atoms with Crippen molar-refractivity contribution in [2.45, 2.75) is 19.3 Å². The molecule has 0 spiro atoms. The molecule has 1 aliphatic carbocycles. The van der Waals surface area contributed by atoms with Crippen molar-refractivity contribution in [3.63, 3.8) is 0 Å². The minimum atomic E-state index is -0.108. The Morgan fingerprint density at radius 3 is 1.86 bits per heavy atom. The highest BCUT2D eigenvalue weighted by Gasteiger charge is 2.35. The molecule has 4 heteroatoms. The Bertz CT molecular complexity index is 3100. The highest BCUT2D eigenvalue weighted by atomic mass is 16.4. The average molecular weight is 721 g/mol. The molecule has 0 aliphatic heterocycles. The minimum Gasteiger partial charge on any atom is -0.456 e. The predicted molar refractivity (Wildman–Crippen MR) is 230 cm³/mol. The zero-order valence-corrected chi connectivity index (χ0v) is 31.0. The maximum absolute atomic E-state index is 6.34. The maximum atomic E-state index is 6.34. The van der Waals surface area contributed by atoms with Gasteiger partial charge in [-0.15, -0.1) is 0 Å². The molecule has 1 aliphatic rings. The zero-order chi connectivity index (χ0) is 37.4. The maximum Gasteiger partial charge on any atom is 0.227 e. The van der Waals surface area contributed by atoms with Crippen LogP contribution in [0.3, 0.4) is 0 Å². The lowest BCUT2D eigenvalue weighted by Crippen LogP contribution is -2.16. The second-order valence-corrected chi connectivity index (χ2v) is 15.2. The van der Waals surface area contributed by atoms with E-state index in [1.807, 2.05) is 36.4 Å². The molecular formula is C52H36N2O2. The van der Waals surface area contributed by atoms with Crippen LogP contribution < -0.4 is 4.90 Å². The molecule has 0 atom stereocenters. The van der Waals surface area contributed by atoms with Crippen LogP contribution in [0.2, 0.25) is 0 Å². The Hall–Kier alpha value is -7.17. The van der Waals surface area contributed by atoms with E-state index in [1.165, 1.54) is 33.4 Å². The highest BCUT2D eigenvalue weighted by molar-refractivity contribution is 6.10. The Kier molecular flexibility index (Phi) is 7.17. The van der Waals surface area contributed by atoms with Gasteiger partial charge in [-0.05, 0) is 111 Å². The fourth-order valence-electron chi connectivity index (χ4n) is 8.62. The van der Waals surface area contributed by atoms with E-state index in [1.54, 1.807) is 0 Å². The summed E-state index contributed by atoms with van der Waals surface area (Å²) in [6, 6.07) is 64.6. The van der Waals surface area contributed by atoms with Crippen LogP contribution in [0.15, 0.2) is 191 Å². The quantitative estimate of drug-likeness (QED) is 0.171. The molecule has 0 bridgehead atoms. The molecule has 0 saturated carbocycles. The van der Waals surface area contributed by atoms with Crippen LogP contribution in [0.25, 0.3) is 77.9 Å². The summed E-state index contributed by atoms with van der Waals surface area (Å²) in [5, 5.41) is 2.05. The van der Waals surface area contributed by atoms with E-state index in [2.05, 4.69) is 164 Å². The summed E-state index contributed by atoms with van der Waals surface area (Å²) in [4.78, 5) is 7.14. The number of nitrogens with zero attached hydrogens (tertiary/aromatic N) is 2. The monoisotopic (exact) mass is 720 g/mol. The predicted octanol–water partition coefficient (Wildman–Crippen LogP) is 14.5. The van der Waals surface area contributed by atoms with Crippen molar-refractivity contribution >= 4 is 50.1 Å². The lowest BCUT2D eigenvalue weighted by atomic mass is 9.82. The van der Waals surface area contributed by atoms with Gasteiger partial charge in [0.1, 0.15) is 16.7 Å². The number of benzene rings is 8. The zero-order valence-electron chi connectivity index (χ0n) is 31.0. The Labute approximate surface area is 324 Å². The second-order valence-electron chi connectivity index (χ2n) is 15.2.